The molecule has 28 heavy (non-hydrogen) atoms. The molecular weight excluding hydrogens is 421 g/mol. The van der Waals surface area contributed by atoms with Crippen molar-refractivity contribution < 1.29 is 14.3 Å². The van der Waals surface area contributed by atoms with Crippen LogP contribution in [0.25, 0.3) is 10.6 Å². The van der Waals surface area contributed by atoms with E-state index in [1.807, 2.05) is 34.5 Å². The highest BCUT2D eigenvalue weighted by atomic mass is 35.5. The molecule has 0 saturated carbocycles. The molecule has 0 radical (unpaired) electrons. The van der Waals surface area contributed by atoms with Crippen molar-refractivity contribution in [2.75, 3.05) is 33.4 Å². The van der Waals surface area contributed by atoms with Gasteiger partial charge in [-0.25, -0.2) is 4.98 Å². The van der Waals surface area contributed by atoms with Crippen LogP contribution < -0.4 is 10.5 Å². The molecule has 0 spiro atoms. The lowest BCUT2D eigenvalue weighted by Crippen LogP contribution is -2.41. The number of halogens is 2. The molecule has 6 nitrogen and oxygen atoms in total. The Morgan fingerprint density at radius 3 is 2.54 bits per heavy atom. The van der Waals surface area contributed by atoms with Gasteiger partial charge in [-0.1, -0.05) is 0 Å². The van der Waals surface area contributed by atoms with Crippen molar-refractivity contribution in [1.29, 1.82) is 0 Å². The number of likely N-dealkylation sites (tertiary alicyclic amines) is 1. The van der Waals surface area contributed by atoms with E-state index >= 15 is 0 Å². The lowest BCUT2D eigenvalue weighted by molar-refractivity contribution is 0.00831. The number of aromatic nitrogens is 1. The Morgan fingerprint density at radius 2 is 1.93 bits per heavy atom. The van der Waals surface area contributed by atoms with Crippen molar-refractivity contribution >= 4 is 42.1 Å². The molecule has 0 atom stereocenters. The predicted octanol–water partition coefficient (Wildman–Crippen LogP) is 3.63. The average molecular weight is 448 g/mol. The molecule has 1 amide bonds. The maximum atomic E-state index is 12.7. The van der Waals surface area contributed by atoms with Gasteiger partial charge in [0.05, 0.1) is 13.2 Å². The molecule has 0 unspecified atom stereocenters. The third-order valence-electron chi connectivity index (χ3n) is 4.49. The molecule has 2 aromatic rings. The van der Waals surface area contributed by atoms with Crippen molar-refractivity contribution in [3.8, 4) is 16.3 Å². The van der Waals surface area contributed by atoms with E-state index in [1.165, 1.54) is 11.3 Å². The van der Waals surface area contributed by atoms with Gasteiger partial charge in [-0.05, 0) is 50.1 Å². The van der Waals surface area contributed by atoms with Crippen LogP contribution in [0.4, 0.5) is 0 Å². The van der Waals surface area contributed by atoms with Crippen molar-refractivity contribution in [3.63, 3.8) is 0 Å². The quantitative estimate of drug-likeness (QED) is 0.655. The van der Waals surface area contributed by atoms with Gasteiger partial charge in [-0.3, -0.25) is 4.79 Å². The van der Waals surface area contributed by atoms with Gasteiger partial charge in [0.25, 0.3) is 5.91 Å². The molecule has 1 aromatic heterocycles. The van der Waals surface area contributed by atoms with Crippen LogP contribution in [0.15, 0.2) is 29.6 Å². The van der Waals surface area contributed by atoms with Gasteiger partial charge in [0.1, 0.15) is 16.5 Å². The summed E-state index contributed by atoms with van der Waals surface area (Å²) in [5.41, 5.74) is 6.99. The Balaban J connectivity index is 0.00000196. The Hall–Kier alpha value is -1.38. The lowest BCUT2D eigenvalue weighted by atomic mass is 10.1. The molecule has 2 heterocycles. The van der Waals surface area contributed by atoms with Gasteiger partial charge in [0.2, 0.25) is 0 Å². The zero-order valence-corrected chi connectivity index (χ0v) is 18.3. The number of hydrogen-bond donors (Lipinski definition) is 1. The van der Waals surface area contributed by atoms with Crippen LogP contribution in [0.3, 0.4) is 0 Å². The number of hydrogen-bond acceptors (Lipinski definition) is 6. The molecule has 0 aliphatic carbocycles. The molecule has 2 N–H and O–H groups in total. The second-order valence-electron chi connectivity index (χ2n) is 6.27. The fourth-order valence-electron chi connectivity index (χ4n) is 2.96. The summed E-state index contributed by atoms with van der Waals surface area (Å²) < 4.78 is 11.0. The number of piperidine rings is 1. The molecular formula is C19H27Cl2N3O3S. The smallest absolute Gasteiger partial charge is 0.273 e. The first-order valence-electron chi connectivity index (χ1n) is 8.92. The molecule has 1 saturated heterocycles. The maximum Gasteiger partial charge on any atom is 0.273 e. The van der Waals surface area contributed by atoms with E-state index in [1.54, 1.807) is 7.11 Å². The molecule has 1 aliphatic rings. The second kappa shape index (κ2) is 12.2. The van der Waals surface area contributed by atoms with Crippen LogP contribution in [0.2, 0.25) is 0 Å². The standard InChI is InChI=1S/C19H25N3O3S.2ClH/c1-24-15-5-3-14(4-6-15)18-21-17(13-26-18)19(23)22-10-7-16(8-11-22)25-12-2-9-20;;/h3-6,13,16H,2,7-12,20H2,1H3;2*1H. The molecule has 156 valence electrons. The molecule has 1 aromatic carbocycles. The van der Waals surface area contributed by atoms with Gasteiger partial charge in [0, 0.05) is 30.6 Å². The van der Waals surface area contributed by atoms with Crippen molar-refractivity contribution in [1.82, 2.24) is 9.88 Å². The van der Waals surface area contributed by atoms with Gasteiger partial charge >= 0.3 is 0 Å². The number of nitrogens with two attached hydrogens (primary N) is 1. The van der Waals surface area contributed by atoms with Gasteiger partial charge in [-0.2, -0.15) is 0 Å². The number of amides is 1. The maximum absolute atomic E-state index is 12.7. The van der Waals surface area contributed by atoms with Gasteiger partial charge in [0.15, 0.2) is 0 Å². The van der Waals surface area contributed by atoms with E-state index in [-0.39, 0.29) is 36.8 Å². The summed E-state index contributed by atoms with van der Waals surface area (Å²) in [5, 5.41) is 2.68. The normalized spacial score (nSPS) is 14.1. The second-order valence-corrected chi connectivity index (χ2v) is 7.13. The van der Waals surface area contributed by atoms with Crippen LogP contribution in [-0.4, -0.2) is 55.2 Å². The van der Waals surface area contributed by atoms with E-state index in [2.05, 4.69) is 4.98 Å². The third-order valence-corrected chi connectivity index (χ3v) is 5.38. The van der Waals surface area contributed by atoms with Crippen LogP contribution in [-0.2, 0) is 4.74 Å². The molecule has 0 bridgehead atoms. The Bertz CT molecular complexity index is 719. The number of benzene rings is 1. The Kier molecular flexibility index (Phi) is 10.8. The average Bonchev–Trinajstić information content (AvgIpc) is 3.18. The van der Waals surface area contributed by atoms with Crippen LogP contribution in [0, 0.1) is 0 Å². The van der Waals surface area contributed by atoms with Crippen molar-refractivity contribution in [3.05, 3.63) is 35.3 Å². The number of carbonyl (C=O) groups excluding carboxylic acids is 1. The molecule has 1 fully saturated rings. The summed E-state index contributed by atoms with van der Waals surface area (Å²) in [6, 6.07) is 7.70. The van der Waals surface area contributed by atoms with E-state index in [4.69, 9.17) is 15.2 Å². The summed E-state index contributed by atoms with van der Waals surface area (Å²) in [6.45, 7) is 2.77. The number of nitrogens with zero attached hydrogens (tertiary/aromatic N) is 2. The third kappa shape index (κ3) is 6.32. The van der Waals surface area contributed by atoms with E-state index < -0.39 is 0 Å². The first-order valence-corrected chi connectivity index (χ1v) is 9.80. The number of methoxy groups -OCH3 is 1. The zero-order chi connectivity index (χ0) is 18.4. The summed E-state index contributed by atoms with van der Waals surface area (Å²) in [6.07, 6.45) is 2.85. The summed E-state index contributed by atoms with van der Waals surface area (Å²) in [7, 11) is 1.64. The summed E-state index contributed by atoms with van der Waals surface area (Å²) >= 11 is 1.49. The lowest BCUT2D eigenvalue weighted by Gasteiger charge is -2.31. The van der Waals surface area contributed by atoms with Gasteiger partial charge < -0.3 is 20.1 Å². The highest BCUT2D eigenvalue weighted by Crippen LogP contribution is 2.26. The van der Waals surface area contributed by atoms with Crippen molar-refractivity contribution in [2.45, 2.75) is 25.4 Å². The van der Waals surface area contributed by atoms with Crippen LogP contribution >= 0.6 is 36.2 Å². The number of carbonyl (C=O) groups is 1. The highest BCUT2D eigenvalue weighted by molar-refractivity contribution is 7.13. The Labute approximate surface area is 182 Å². The number of thiazole rings is 1. The number of ether oxygens (including phenoxy) is 2. The number of rotatable bonds is 7. The van der Waals surface area contributed by atoms with Crippen LogP contribution in [0.1, 0.15) is 29.8 Å². The minimum Gasteiger partial charge on any atom is -0.497 e. The van der Waals surface area contributed by atoms with Crippen LogP contribution in [0.5, 0.6) is 5.75 Å². The summed E-state index contributed by atoms with van der Waals surface area (Å²) in [4.78, 5) is 19.1. The topological polar surface area (TPSA) is 77.7 Å². The van der Waals surface area contributed by atoms with E-state index in [0.29, 0.717) is 31.9 Å². The molecule has 1 aliphatic heterocycles. The largest absolute Gasteiger partial charge is 0.497 e. The Morgan fingerprint density at radius 1 is 1.25 bits per heavy atom. The highest BCUT2D eigenvalue weighted by Gasteiger charge is 2.25. The SMILES string of the molecule is COc1ccc(-c2nc(C(=O)N3CCC(OCCCN)CC3)cs2)cc1.Cl.Cl. The van der Waals surface area contributed by atoms with E-state index in [9.17, 15) is 4.79 Å². The van der Waals surface area contributed by atoms with Crippen molar-refractivity contribution in [2.24, 2.45) is 5.73 Å². The monoisotopic (exact) mass is 447 g/mol. The van der Waals surface area contributed by atoms with Gasteiger partial charge in [-0.15, -0.1) is 36.2 Å². The minimum atomic E-state index is 0. The fraction of sp³-hybridized carbons (Fsp3) is 0.474. The minimum absolute atomic E-state index is 0. The fourth-order valence-corrected chi connectivity index (χ4v) is 3.76. The first-order chi connectivity index (χ1) is 12.7. The summed E-state index contributed by atoms with van der Waals surface area (Å²) in [5.74, 6) is 0.805. The first kappa shape index (κ1) is 24.7. The molecule has 9 heteroatoms. The van der Waals surface area contributed by atoms with E-state index in [0.717, 1.165) is 35.6 Å². The zero-order valence-electron chi connectivity index (χ0n) is 15.8. The molecule has 3 rings (SSSR count). The predicted molar refractivity (Wildman–Crippen MR) is 117 cm³/mol.